The molecule has 1 heterocycles. The van der Waals surface area contributed by atoms with E-state index in [1.54, 1.807) is 0 Å². The lowest BCUT2D eigenvalue weighted by Gasteiger charge is -2.07. The second-order valence-corrected chi connectivity index (χ2v) is 5.86. The first kappa shape index (κ1) is 15.4. The van der Waals surface area contributed by atoms with Crippen LogP contribution in [0.15, 0.2) is 59.0 Å². The number of halogens is 2. The Bertz CT molecular complexity index is 1070. The first-order valence-corrected chi connectivity index (χ1v) is 7.96. The number of rotatable bonds is 4. The molecule has 0 aliphatic carbocycles. The fourth-order valence-corrected chi connectivity index (χ4v) is 2.91. The zero-order valence-corrected chi connectivity index (χ0v) is 13.6. The van der Waals surface area contributed by atoms with E-state index in [9.17, 15) is 8.78 Å². The van der Waals surface area contributed by atoms with E-state index in [0.717, 1.165) is 39.4 Å². The summed E-state index contributed by atoms with van der Waals surface area (Å²) in [5.41, 5.74) is 3.87. The maximum atomic E-state index is 13.7. The van der Waals surface area contributed by atoms with Gasteiger partial charge in [-0.2, -0.15) is 0 Å². The third-order valence-corrected chi connectivity index (χ3v) is 4.26. The number of nitrogens with one attached hydrogen (secondary N) is 2. The highest BCUT2D eigenvalue weighted by Gasteiger charge is 2.09. The van der Waals surface area contributed by atoms with Gasteiger partial charge in [-0.15, -0.1) is 0 Å². The first-order valence-electron chi connectivity index (χ1n) is 7.96. The fraction of sp³-hybridized carbons (Fsp3) is 0.100. The highest BCUT2D eigenvalue weighted by Crippen LogP contribution is 2.32. The van der Waals surface area contributed by atoms with E-state index in [0.29, 0.717) is 5.56 Å². The monoisotopic (exact) mass is 338 g/mol. The summed E-state index contributed by atoms with van der Waals surface area (Å²) in [4.78, 5) is 0. The van der Waals surface area contributed by atoms with Crippen molar-refractivity contribution in [3.05, 3.63) is 71.8 Å². The van der Waals surface area contributed by atoms with Crippen LogP contribution < -0.4 is 10.6 Å². The van der Waals surface area contributed by atoms with Crippen molar-refractivity contribution in [3.8, 4) is 0 Å². The molecule has 0 aliphatic rings. The maximum absolute atomic E-state index is 13.7. The van der Waals surface area contributed by atoms with Crippen molar-refractivity contribution in [1.82, 2.24) is 0 Å². The van der Waals surface area contributed by atoms with Gasteiger partial charge in [0.2, 0.25) is 0 Å². The van der Waals surface area contributed by atoms with Crippen molar-refractivity contribution in [2.75, 3.05) is 17.7 Å². The minimum absolute atomic E-state index is 0.273. The molecule has 4 aromatic rings. The van der Waals surface area contributed by atoms with Crippen LogP contribution in [0.3, 0.4) is 0 Å². The first-order chi connectivity index (χ1) is 12.1. The largest absolute Gasteiger partial charge is 0.456 e. The lowest BCUT2D eigenvalue weighted by molar-refractivity contribution is 0.574. The van der Waals surface area contributed by atoms with E-state index < -0.39 is 11.6 Å². The molecule has 25 heavy (non-hydrogen) atoms. The summed E-state index contributed by atoms with van der Waals surface area (Å²) >= 11 is 0. The normalized spacial score (nSPS) is 11.2. The Kier molecular flexibility index (Phi) is 3.76. The molecule has 0 unspecified atom stereocenters. The van der Waals surface area contributed by atoms with Crippen LogP contribution in [0.4, 0.5) is 20.2 Å². The number of hydrogen-bond donors (Lipinski definition) is 2. The van der Waals surface area contributed by atoms with Gasteiger partial charge in [-0.25, -0.2) is 8.78 Å². The zero-order valence-electron chi connectivity index (χ0n) is 13.6. The van der Waals surface area contributed by atoms with E-state index in [-0.39, 0.29) is 6.54 Å². The molecule has 126 valence electrons. The van der Waals surface area contributed by atoms with Gasteiger partial charge in [0.05, 0.1) is 0 Å². The number of furan rings is 1. The van der Waals surface area contributed by atoms with E-state index >= 15 is 0 Å². The molecule has 3 nitrogen and oxygen atoms in total. The molecular formula is C20H16F2N2O. The maximum Gasteiger partial charge on any atom is 0.135 e. The van der Waals surface area contributed by atoms with Crippen LogP contribution in [0.5, 0.6) is 0 Å². The number of anilines is 2. The van der Waals surface area contributed by atoms with E-state index in [4.69, 9.17) is 4.42 Å². The van der Waals surface area contributed by atoms with Gasteiger partial charge in [0.25, 0.3) is 0 Å². The van der Waals surface area contributed by atoms with Crippen LogP contribution in [0.1, 0.15) is 5.56 Å². The van der Waals surface area contributed by atoms with Crippen LogP contribution in [0.2, 0.25) is 0 Å². The highest BCUT2D eigenvalue weighted by molar-refractivity contribution is 6.07. The lowest BCUT2D eigenvalue weighted by Crippen LogP contribution is -2.02. The zero-order chi connectivity index (χ0) is 17.4. The van der Waals surface area contributed by atoms with Gasteiger partial charge in [-0.1, -0.05) is 6.07 Å². The predicted molar refractivity (Wildman–Crippen MR) is 97.0 cm³/mol. The lowest BCUT2D eigenvalue weighted by atomic mass is 10.1. The Balaban J connectivity index is 1.67. The molecule has 1 aromatic heterocycles. The van der Waals surface area contributed by atoms with Gasteiger partial charge in [0.15, 0.2) is 0 Å². The van der Waals surface area contributed by atoms with Crippen molar-refractivity contribution >= 4 is 33.3 Å². The smallest absolute Gasteiger partial charge is 0.135 e. The third kappa shape index (κ3) is 2.89. The van der Waals surface area contributed by atoms with Gasteiger partial charge in [-0.3, -0.25) is 0 Å². The van der Waals surface area contributed by atoms with Crippen LogP contribution in [-0.4, -0.2) is 7.05 Å². The Morgan fingerprint density at radius 3 is 2.20 bits per heavy atom. The van der Waals surface area contributed by atoms with Gasteiger partial charge in [0.1, 0.15) is 22.8 Å². The summed E-state index contributed by atoms with van der Waals surface area (Å²) in [5, 5.41) is 8.29. The molecule has 0 saturated carbocycles. The van der Waals surface area contributed by atoms with Crippen molar-refractivity contribution in [2.24, 2.45) is 0 Å². The molecule has 2 N–H and O–H groups in total. The van der Waals surface area contributed by atoms with Gasteiger partial charge >= 0.3 is 0 Å². The summed E-state index contributed by atoms with van der Waals surface area (Å²) in [6, 6.07) is 15.3. The topological polar surface area (TPSA) is 37.2 Å². The summed E-state index contributed by atoms with van der Waals surface area (Å²) in [5.74, 6) is -1.13. The predicted octanol–water partition coefficient (Wildman–Crippen LogP) is 5.52. The summed E-state index contributed by atoms with van der Waals surface area (Å²) in [6.07, 6.45) is 0. The van der Waals surface area contributed by atoms with E-state index in [1.807, 2.05) is 43.4 Å². The Hall–Kier alpha value is -3.08. The van der Waals surface area contributed by atoms with Gasteiger partial charge in [-0.05, 0) is 42.5 Å². The molecule has 0 fully saturated rings. The molecule has 0 amide bonds. The SMILES string of the molecule is CNc1ccc2oc3ccc(NCc4ccc(F)cc4F)cc3c2c1. The molecule has 3 aromatic carbocycles. The van der Waals surface area contributed by atoms with Crippen LogP contribution in [-0.2, 0) is 6.54 Å². The Labute approximate surface area is 143 Å². The van der Waals surface area contributed by atoms with Crippen LogP contribution >= 0.6 is 0 Å². The van der Waals surface area contributed by atoms with Gasteiger partial charge < -0.3 is 15.1 Å². The second-order valence-electron chi connectivity index (χ2n) is 5.86. The summed E-state index contributed by atoms with van der Waals surface area (Å²) in [7, 11) is 1.87. The highest BCUT2D eigenvalue weighted by atomic mass is 19.1. The molecule has 4 rings (SSSR count). The summed E-state index contributed by atoms with van der Waals surface area (Å²) < 4.78 is 32.6. The third-order valence-electron chi connectivity index (χ3n) is 4.26. The van der Waals surface area contributed by atoms with E-state index in [2.05, 4.69) is 10.6 Å². The Morgan fingerprint density at radius 1 is 0.840 bits per heavy atom. The van der Waals surface area contributed by atoms with Crippen molar-refractivity contribution in [3.63, 3.8) is 0 Å². The molecular weight excluding hydrogens is 322 g/mol. The van der Waals surface area contributed by atoms with Crippen LogP contribution in [0.25, 0.3) is 21.9 Å². The number of benzene rings is 3. The standard InChI is InChI=1S/C20H16F2N2O/c1-23-14-4-6-19-16(9-14)17-10-15(5-7-20(17)25-19)24-11-12-2-3-13(21)8-18(12)22/h2-10,23-24H,11H2,1H3. The van der Waals surface area contributed by atoms with E-state index in [1.165, 1.54) is 12.1 Å². The second kappa shape index (κ2) is 6.09. The minimum atomic E-state index is -0.576. The average Bonchev–Trinajstić information content (AvgIpc) is 2.98. The van der Waals surface area contributed by atoms with Crippen molar-refractivity contribution in [1.29, 1.82) is 0 Å². The van der Waals surface area contributed by atoms with Crippen molar-refractivity contribution in [2.45, 2.75) is 6.54 Å². The molecule has 0 bridgehead atoms. The quantitative estimate of drug-likeness (QED) is 0.514. The molecule has 0 spiro atoms. The molecule has 0 aliphatic heterocycles. The fourth-order valence-electron chi connectivity index (χ4n) is 2.91. The van der Waals surface area contributed by atoms with Crippen LogP contribution in [0, 0.1) is 11.6 Å². The Morgan fingerprint density at radius 2 is 1.52 bits per heavy atom. The molecule has 0 atom stereocenters. The number of fused-ring (bicyclic) bond motifs is 3. The van der Waals surface area contributed by atoms with Gasteiger partial charge in [0, 0.05) is 47.4 Å². The average molecular weight is 338 g/mol. The molecule has 0 saturated heterocycles. The number of hydrogen-bond acceptors (Lipinski definition) is 3. The molecule has 0 radical (unpaired) electrons. The minimum Gasteiger partial charge on any atom is -0.456 e. The van der Waals surface area contributed by atoms with Crippen molar-refractivity contribution < 1.29 is 13.2 Å². The summed E-state index contributed by atoms with van der Waals surface area (Å²) in [6.45, 7) is 0.273. The molecule has 5 heteroatoms.